The van der Waals surface area contributed by atoms with Crippen LogP contribution < -0.4 is 10.1 Å². The Kier molecular flexibility index (Phi) is 5.69. The zero-order chi connectivity index (χ0) is 17.7. The van der Waals surface area contributed by atoms with Gasteiger partial charge in [0, 0.05) is 11.9 Å². The van der Waals surface area contributed by atoms with Crippen molar-refractivity contribution >= 4 is 29.2 Å². The number of benzene rings is 1. The molecule has 2 rings (SSSR count). The number of carboxylic acid groups (broad SMARTS) is 1. The first-order valence-corrected chi connectivity index (χ1v) is 7.04. The van der Waals surface area contributed by atoms with Crippen molar-refractivity contribution in [3.05, 3.63) is 41.2 Å². The number of carboxylic acids is 1. The highest BCUT2D eigenvalue weighted by Gasteiger charge is 2.13. The van der Waals surface area contributed by atoms with Crippen LogP contribution in [0, 0.1) is 0 Å². The number of anilines is 1. The van der Waals surface area contributed by atoms with E-state index in [-0.39, 0.29) is 35.1 Å². The second kappa shape index (κ2) is 7.73. The summed E-state index contributed by atoms with van der Waals surface area (Å²) in [4.78, 5) is 22.5. The number of carbonyl (C=O) groups excluding carboxylic acids is 1. The second-order valence-electron chi connectivity index (χ2n) is 4.59. The summed E-state index contributed by atoms with van der Waals surface area (Å²) in [7, 11) is 0. The molecule has 0 aliphatic rings. The predicted octanol–water partition coefficient (Wildman–Crippen LogP) is 2.86. The summed E-state index contributed by atoms with van der Waals surface area (Å²) >= 11 is 5.79. The van der Waals surface area contributed by atoms with Gasteiger partial charge in [-0.1, -0.05) is 11.6 Å². The molecule has 2 aromatic rings. The Bertz CT molecular complexity index is 751. The van der Waals surface area contributed by atoms with E-state index in [9.17, 15) is 18.4 Å². The van der Waals surface area contributed by atoms with Crippen LogP contribution in [0.5, 0.6) is 5.75 Å². The third kappa shape index (κ3) is 4.92. The molecule has 0 fully saturated rings. The van der Waals surface area contributed by atoms with Crippen LogP contribution in [-0.4, -0.2) is 33.4 Å². The van der Waals surface area contributed by atoms with Crippen LogP contribution >= 0.6 is 11.6 Å². The predicted molar refractivity (Wildman–Crippen MR) is 80.5 cm³/mol. The average molecular weight is 360 g/mol. The van der Waals surface area contributed by atoms with Gasteiger partial charge in [0.15, 0.2) is 5.69 Å². The standard InChI is InChI=1S/C14H12ClF2N3O4/c15-9-7-8(1-2-11(9)24-14(16)17)18-13(23)10-3-5-20(19-10)6-4-12(21)22/h1-3,5,7,14H,4,6H2,(H,18,23)(H,21,22). The van der Waals surface area contributed by atoms with Gasteiger partial charge >= 0.3 is 12.6 Å². The van der Waals surface area contributed by atoms with E-state index in [4.69, 9.17) is 16.7 Å². The van der Waals surface area contributed by atoms with Gasteiger partial charge in [-0.05, 0) is 24.3 Å². The van der Waals surface area contributed by atoms with Crippen molar-refractivity contribution in [2.45, 2.75) is 19.6 Å². The molecule has 0 bridgehead atoms. The lowest BCUT2D eigenvalue weighted by Crippen LogP contribution is -2.14. The molecule has 10 heteroatoms. The minimum Gasteiger partial charge on any atom is -0.481 e. The second-order valence-corrected chi connectivity index (χ2v) is 4.99. The van der Waals surface area contributed by atoms with Crippen molar-refractivity contribution in [3.63, 3.8) is 0 Å². The Morgan fingerprint density at radius 1 is 1.38 bits per heavy atom. The SMILES string of the molecule is O=C(O)CCn1ccc(C(=O)Nc2ccc(OC(F)F)c(Cl)c2)n1. The van der Waals surface area contributed by atoms with Gasteiger partial charge in [-0.25, -0.2) is 0 Å². The molecule has 0 saturated carbocycles. The van der Waals surface area contributed by atoms with Crippen molar-refractivity contribution in [2.24, 2.45) is 0 Å². The van der Waals surface area contributed by atoms with Gasteiger partial charge in [-0.2, -0.15) is 13.9 Å². The molecule has 128 valence electrons. The third-order valence-corrected chi connectivity index (χ3v) is 3.13. The van der Waals surface area contributed by atoms with Gasteiger partial charge in [-0.3, -0.25) is 14.3 Å². The van der Waals surface area contributed by atoms with Gasteiger partial charge in [0.05, 0.1) is 18.0 Å². The fourth-order valence-corrected chi connectivity index (χ4v) is 2.01. The first-order valence-electron chi connectivity index (χ1n) is 6.66. The van der Waals surface area contributed by atoms with Crippen LogP contribution in [0.2, 0.25) is 5.02 Å². The number of nitrogens with one attached hydrogen (secondary N) is 1. The molecular weight excluding hydrogens is 348 g/mol. The highest BCUT2D eigenvalue weighted by molar-refractivity contribution is 6.32. The summed E-state index contributed by atoms with van der Waals surface area (Å²) < 4.78 is 29.8. The van der Waals surface area contributed by atoms with Gasteiger partial charge < -0.3 is 15.2 Å². The Hall–Kier alpha value is -2.68. The number of rotatable bonds is 7. The van der Waals surface area contributed by atoms with E-state index in [0.29, 0.717) is 0 Å². The van der Waals surface area contributed by atoms with E-state index in [1.165, 1.54) is 35.1 Å². The van der Waals surface area contributed by atoms with Crippen LogP contribution in [0.4, 0.5) is 14.5 Å². The maximum atomic E-state index is 12.1. The number of aliphatic carboxylic acids is 1. The van der Waals surface area contributed by atoms with Gasteiger partial charge in [0.25, 0.3) is 5.91 Å². The lowest BCUT2D eigenvalue weighted by atomic mass is 10.3. The number of aryl methyl sites for hydroxylation is 1. The number of halogens is 3. The summed E-state index contributed by atoms with van der Waals surface area (Å²) in [6, 6.07) is 5.24. The first kappa shape index (κ1) is 17.7. The number of ether oxygens (including phenoxy) is 1. The number of nitrogens with zero attached hydrogens (tertiary/aromatic N) is 2. The highest BCUT2D eigenvalue weighted by Crippen LogP contribution is 2.29. The molecule has 0 radical (unpaired) electrons. The summed E-state index contributed by atoms with van der Waals surface area (Å²) in [6.07, 6.45) is 1.36. The molecule has 0 unspecified atom stereocenters. The maximum absolute atomic E-state index is 12.1. The molecule has 1 heterocycles. The molecule has 0 atom stereocenters. The summed E-state index contributed by atoms with van der Waals surface area (Å²) in [6.45, 7) is -2.87. The Morgan fingerprint density at radius 3 is 2.75 bits per heavy atom. The van der Waals surface area contributed by atoms with Gasteiger partial charge in [-0.15, -0.1) is 0 Å². The lowest BCUT2D eigenvalue weighted by molar-refractivity contribution is -0.137. The summed E-state index contributed by atoms with van der Waals surface area (Å²) in [5.41, 5.74) is 0.344. The van der Waals surface area contributed by atoms with Crippen molar-refractivity contribution in [2.75, 3.05) is 5.32 Å². The monoisotopic (exact) mass is 359 g/mol. The highest BCUT2D eigenvalue weighted by atomic mass is 35.5. The quantitative estimate of drug-likeness (QED) is 0.792. The molecule has 2 N–H and O–H groups in total. The largest absolute Gasteiger partial charge is 0.481 e. The number of hydrogen-bond acceptors (Lipinski definition) is 4. The van der Waals surface area contributed by atoms with Crippen LogP contribution in [-0.2, 0) is 11.3 Å². The van der Waals surface area contributed by atoms with E-state index in [1.807, 2.05) is 0 Å². The minimum atomic E-state index is -3.00. The van der Waals surface area contributed by atoms with E-state index < -0.39 is 18.5 Å². The maximum Gasteiger partial charge on any atom is 0.387 e. The van der Waals surface area contributed by atoms with E-state index in [1.54, 1.807) is 0 Å². The molecule has 1 aromatic carbocycles. The van der Waals surface area contributed by atoms with Crippen LogP contribution in [0.1, 0.15) is 16.9 Å². The summed E-state index contributed by atoms with van der Waals surface area (Å²) in [5, 5.41) is 15.0. The van der Waals surface area contributed by atoms with Crippen molar-refractivity contribution in [1.82, 2.24) is 9.78 Å². The zero-order valence-electron chi connectivity index (χ0n) is 12.1. The minimum absolute atomic E-state index is 0.0735. The Labute approximate surface area is 139 Å². The first-order chi connectivity index (χ1) is 11.3. The van der Waals surface area contributed by atoms with Gasteiger partial charge in [0.2, 0.25) is 0 Å². The molecule has 1 amide bonds. The molecule has 0 spiro atoms. The van der Waals surface area contributed by atoms with Crippen molar-refractivity contribution in [1.29, 1.82) is 0 Å². The Morgan fingerprint density at radius 2 is 2.12 bits per heavy atom. The smallest absolute Gasteiger partial charge is 0.387 e. The van der Waals surface area contributed by atoms with E-state index >= 15 is 0 Å². The lowest BCUT2D eigenvalue weighted by Gasteiger charge is -2.09. The van der Waals surface area contributed by atoms with E-state index in [0.717, 1.165) is 0 Å². The molecule has 0 aliphatic heterocycles. The molecular formula is C14H12ClF2N3O4. The average Bonchev–Trinajstić information content (AvgIpc) is 2.96. The van der Waals surface area contributed by atoms with Crippen LogP contribution in [0.25, 0.3) is 0 Å². The normalized spacial score (nSPS) is 10.7. The third-order valence-electron chi connectivity index (χ3n) is 2.83. The number of carbonyl (C=O) groups is 2. The number of amides is 1. The van der Waals surface area contributed by atoms with Crippen LogP contribution in [0.15, 0.2) is 30.5 Å². The molecule has 24 heavy (non-hydrogen) atoms. The fraction of sp³-hybridized carbons (Fsp3) is 0.214. The van der Waals surface area contributed by atoms with Crippen molar-refractivity contribution < 1.29 is 28.2 Å². The number of hydrogen-bond donors (Lipinski definition) is 2. The molecule has 1 aromatic heterocycles. The summed E-state index contributed by atoms with van der Waals surface area (Å²) in [5.74, 6) is -1.73. The zero-order valence-corrected chi connectivity index (χ0v) is 12.8. The fourth-order valence-electron chi connectivity index (χ4n) is 1.78. The number of alkyl halides is 2. The van der Waals surface area contributed by atoms with Gasteiger partial charge in [0.1, 0.15) is 5.75 Å². The molecule has 0 saturated heterocycles. The van der Waals surface area contributed by atoms with E-state index in [2.05, 4.69) is 15.2 Å². The number of aromatic nitrogens is 2. The van der Waals surface area contributed by atoms with Crippen molar-refractivity contribution in [3.8, 4) is 5.75 Å². The topological polar surface area (TPSA) is 93.5 Å². The molecule has 0 aliphatic carbocycles. The van der Waals surface area contributed by atoms with Crippen LogP contribution in [0.3, 0.4) is 0 Å². The Balaban J connectivity index is 2.01. The molecule has 7 nitrogen and oxygen atoms in total.